The molecule has 1 N–H and O–H groups in total. The van der Waals surface area contributed by atoms with Crippen LogP contribution in [0.3, 0.4) is 0 Å². The Bertz CT molecular complexity index is 1100. The molecule has 2 aromatic carbocycles. The number of halogens is 4. The van der Waals surface area contributed by atoms with Gasteiger partial charge in [0.25, 0.3) is 5.91 Å². The number of carbonyl (C=O) groups excluding carboxylic acids is 2. The van der Waals surface area contributed by atoms with E-state index >= 15 is 0 Å². The van der Waals surface area contributed by atoms with Gasteiger partial charge in [-0.2, -0.15) is 13.2 Å². The van der Waals surface area contributed by atoms with E-state index in [1.807, 2.05) is 0 Å². The lowest BCUT2D eigenvalue weighted by molar-refractivity contribution is -0.139. The first-order valence-electron chi connectivity index (χ1n) is 9.04. The first kappa shape index (κ1) is 22.4. The maximum Gasteiger partial charge on any atom is 0.416 e. The third kappa shape index (κ3) is 5.66. The van der Waals surface area contributed by atoms with Gasteiger partial charge in [-0.05, 0) is 23.8 Å². The smallest absolute Gasteiger partial charge is 0.341 e. The van der Waals surface area contributed by atoms with E-state index < -0.39 is 29.4 Å². The van der Waals surface area contributed by atoms with Crippen molar-refractivity contribution >= 4 is 28.3 Å². The zero-order valence-corrected chi connectivity index (χ0v) is 17.1. The fourth-order valence-electron chi connectivity index (χ4n) is 2.82. The van der Waals surface area contributed by atoms with Crippen molar-refractivity contribution in [3.63, 3.8) is 0 Å². The SMILES string of the molecule is CN(Cc1ccccc1C(F)(F)F)C(=O)Cc1csc(NC(=O)c2ccccc2F)n1. The minimum Gasteiger partial charge on any atom is -0.341 e. The van der Waals surface area contributed by atoms with E-state index in [0.717, 1.165) is 23.5 Å². The zero-order valence-electron chi connectivity index (χ0n) is 16.2. The number of hydrogen-bond acceptors (Lipinski definition) is 4. The molecule has 0 fully saturated rings. The molecule has 0 bridgehead atoms. The molecule has 0 aliphatic heterocycles. The van der Waals surface area contributed by atoms with E-state index in [1.165, 1.54) is 48.3 Å². The van der Waals surface area contributed by atoms with E-state index in [4.69, 9.17) is 0 Å². The number of thiazole rings is 1. The van der Waals surface area contributed by atoms with Crippen molar-refractivity contribution in [2.45, 2.75) is 19.1 Å². The molecule has 0 aliphatic rings. The van der Waals surface area contributed by atoms with Gasteiger partial charge in [0.05, 0.1) is 23.2 Å². The molecule has 3 aromatic rings. The molecule has 1 heterocycles. The lowest BCUT2D eigenvalue weighted by Gasteiger charge is -2.20. The number of likely N-dealkylation sites (N-methyl/N-ethyl adjacent to an activating group) is 1. The summed E-state index contributed by atoms with van der Waals surface area (Å²) in [6, 6.07) is 10.5. The highest BCUT2D eigenvalue weighted by molar-refractivity contribution is 7.14. The molecule has 0 radical (unpaired) electrons. The summed E-state index contributed by atoms with van der Waals surface area (Å²) in [5.41, 5.74) is -0.600. The van der Waals surface area contributed by atoms with E-state index in [-0.39, 0.29) is 29.2 Å². The fourth-order valence-corrected chi connectivity index (χ4v) is 3.53. The Morgan fingerprint density at radius 3 is 2.48 bits per heavy atom. The number of carbonyl (C=O) groups is 2. The second-order valence-electron chi connectivity index (χ2n) is 6.66. The van der Waals surface area contributed by atoms with Gasteiger partial charge in [-0.25, -0.2) is 9.37 Å². The van der Waals surface area contributed by atoms with Gasteiger partial charge in [0, 0.05) is 19.0 Å². The first-order valence-corrected chi connectivity index (χ1v) is 9.92. The molecular weight excluding hydrogens is 434 g/mol. The van der Waals surface area contributed by atoms with Gasteiger partial charge in [-0.3, -0.25) is 14.9 Å². The second-order valence-corrected chi connectivity index (χ2v) is 7.52. The minimum atomic E-state index is -4.51. The highest BCUT2D eigenvalue weighted by Crippen LogP contribution is 2.32. The average Bonchev–Trinajstić information content (AvgIpc) is 3.14. The molecule has 31 heavy (non-hydrogen) atoms. The Morgan fingerprint density at radius 2 is 1.77 bits per heavy atom. The van der Waals surface area contributed by atoms with Crippen LogP contribution in [0.15, 0.2) is 53.9 Å². The molecule has 0 saturated heterocycles. The normalized spacial score (nSPS) is 11.3. The van der Waals surface area contributed by atoms with Crippen molar-refractivity contribution < 1.29 is 27.2 Å². The van der Waals surface area contributed by atoms with Gasteiger partial charge in [-0.1, -0.05) is 30.3 Å². The Kier molecular flexibility index (Phi) is 6.69. The number of benzene rings is 2. The van der Waals surface area contributed by atoms with Gasteiger partial charge in [0.2, 0.25) is 5.91 Å². The zero-order chi connectivity index (χ0) is 22.6. The van der Waals surface area contributed by atoms with Crippen molar-refractivity contribution in [3.8, 4) is 0 Å². The number of anilines is 1. The summed E-state index contributed by atoms with van der Waals surface area (Å²) in [6.07, 6.45) is -4.67. The van der Waals surface area contributed by atoms with Crippen molar-refractivity contribution in [2.75, 3.05) is 12.4 Å². The van der Waals surface area contributed by atoms with Gasteiger partial charge in [0.1, 0.15) is 5.82 Å². The van der Waals surface area contributed by atoms with Crippen molar-refractivity contribution in [1.82, 2.24) is 9.88 Å². The molecule has 0 atom stereocenters. The number of hydrogen-bond donors (Lipinski definition) is 1. The van der Waals surface area contributed by atoms with Gasteiger partial charge < -0.3 is 4.90 Å². The minimum absolute atomic E-state index is 0.0121. The molecule has 1 aromatic heterocycles. The van der Waals surface area contributed by atoms with Crippen LogP contribution in [-0.2, 0) is 23.9 Å². The Hall–Kier alpha value is -3.27. The quantitative estimate of drug-likeness (QED) is 0.550. The Morgan fingerprint density at radius 1 is 1.10 bits per heavy atom. The number of nitrogens with one attached hydrogen (secondary N) is 1. The highest BCUT2D eigenvalue weighted by Gasteiger charge is 2.33. The number of alkyl halides is 3. The van der Waals surface area contributed by atoms with Crippen molar-refractivity contribution in [2.24, 2.45) is 0 Å². The summed E-state index contributed by atoms with van der Waals surface area (Å²) in [7, 11) is 1.41. The summed E-state index contributed by atoms with van der Waals surface area (Å²) < 4.78 is 53.1. The van der Waals surface area contributed by atoms with Crippen LogP contribution in [-0.4, -0.2) is 28.7 Å². The van der Waals surface area contributed by atoms with Crippen molar-refractivity contribution in [3.05, 3.63) is 82.1 Å². The Labute approximate surface area is 179 Å². The number of aromatic nitrogens is 1. The van der Waals surface area contributed by atoms with E-state index in [9.17, 15) is 27.2 Å². The van der Waals surface area contributed by atoms with Crippen LogP contribution in [0.1, 0.15) is 27.2 Å². The summed E-state index contributed by atoms with van der Waals surface area (Å²) in [4.78, 5) is 29.9. The molecular formula is C21H17F4N3O2S. The standard InChI is InChI=1S/C21H17F4N3O2S/c1-28(11-13-6-2-4-8-16(13)21(23,24)25)18(29)10-14-12-31-20(26-14)27-19(30)15-7-3-5-9-17(15)22/h2-9,12H,10-11H2,1H3,(H,26,27,30). The number of rotatable bonds is 6. The van der Waals surface area contributed by atoms with Crippen LogP contribution in [0.25, 0.3) is 0 Å². The monoisotopic (exact) mass is 451 g/mol. The summed E-state index contributed by atoms with van der Waals surface area (Å²) in [5, 5.41) is 4.19. The molecule has 0 aliphatic carbocycles. The third-order valence-corrected chi connectivity index (χ3v) is 5.19. The van der Waals surface area contributed by atoms with Crippen LogP contribution in [0, 0.1) is 5.82 Å². The second kappa shape index (κ2) is 9.25. The molecule has 5 nitrogen and oxygen atoms in total. The van der Waals surface area contributed by atoms with E-state index in [2.05, 4.69) is 10.3 Å². The lowest BCUT2D eigenvalue weighted by Crippen LogP contribution is -2.29. The summed E-state index contributed by atoms with van der Waals surface area (Å²) >= 11 is 1.06. The molecule has 0 saturated carbocycles. The van der Waals surface area contributed by atoms with Crippen LogP contribution < -0.4 is 5.32 Å². The van der Waals surface area contributed by atoms with Crippen LogP contribution >= 0.6 is 11.3 Å². The maximum absolute atomic E-state index is 13.7. The molecule has 162 valence electrons. The largest absolute Gasteiger partial charge is 0.416 e. The lowest BCUT2D eigenvalue weighted by atomic mass is 10.1. The summed E-state index contributed by atoms with van der Waals surface area (Å²) in [6.45, 7) is -0.213. The summed E-state index contributed by atoms with van der Waals surface area (Å²) in [5.74, 6) is -1.78. The van der Waals surface area contributed by atoms with E-state index in [1.54, 1.807) is 5.38 Å². The van der Waals surface area contributed by atoms with Crippen LogP contribution in [0.5, 0.6) is 0 Å². The highest BCUT2D eigenvalue weighted by atomic mass is 32.1. The molecule has 2 amide bonds. The molecule has 0 spiro atoms. The Balaban J connectivity index is 1.62. The van der Waals surface area contributed by atoms with Gasteiger partial charge in [0.15, 0.2) is 5.13 Å². The fraction of sp³-hybridized carbons (Fsp3) is 0.190. The van der Waals surface area contributed by atoms with Crippen molar-refractivity contribution in [1.29, 1.82) is 0 Å². The predicted molar refractivity (Wildman–Crippen MR) is 108 cm³/mol. The van der Waals surface area contributed by atoms with Crippen LogP contribution in [0.4, 0.5) is 22.7 Å². The topological polar surface area (TPSA) is 62.3 Å². The number of amides is 2. The van der Waals surface area contributed by atoms with E-state index in [0.29, 0.717) is 5.69 Å². The molecule has 3 rings (SSSR count). The maximum atomic E-state index is 13.7. The first-order chi connectivity index (χ1) is 14.6. The molecule has 10 heteroatoms. The predicted octanol–water partition coefficient (Wildman–Crippen LogP) is 4.75. The number of nitrogens with zero attached hydrogens (tertiary/aromatic N) is 2. The third-order valence-electron chi connectivity index (χ3n) is 4.38. The van der Waals surface area contributed by atoms with Gasteiger partial charge in [-0.15, -0.1) is 11.3 Å². The van der Waals surface area contributed by atoms with Crippen LogP contribution in [0.2, 0.25) is 0 Å². The molecule has 0 unspecified atom stereocenters. The van der Waals surface area contributed by atoms with Gasteiger partial charge >= 0.3 is 6.18 Å². The average molecular weight is 451 g/mol.